The largest absolute Gasteiger partial charge is 0.376 e. The predicted octanol–water partition coefficient (Wildman–Crippen LogP) is 4.61. The van der Waals surface area contributed by atoms with Crippen LogP contribution in [-0.2, 0) is 11.3 Å². The molecular formula is C23H24N4O3S. The zero-order valence-electron chi connectivity index (χ0n) is 17.0. The lowest BCUT2D eigenvalue weighted by Gasteiger charge is -2.26. The molecule has 1 aliphatic heterocycles. The van der Waals surface area contributed by atoms with Gasteiger partial charge in [-0.3, -0.25) is 9.78 Å². The first-order valence-corrected chi connectivity index (χ1v) is 11.1. The topological polar surface area (TPSA) is 83.6 Å². The van der Waals surface area contributed by atoms with Gasteiger partial charge in [0.1, 0.15) is 0 Å². The molecule has 0 radical (unpaired) electrons. The SMILES string of the molecule is O=C(Nc1cccc(NC(=O)N(Cc2cccnc2)C[C@@H]2CCCO2)c1)c1cccs1. The van der Waals surface area contributed by atoms with Crippen LogP contribution in [0.5, 0.6) is 0 Å². The van der Waals surface area contributed by atoms with Gasteiger partial charge in [0.05, 0.1) is 11.0 Å². The van der Waals surface area contributed by atoms with E-state index in [2.05, 4.69) is 15.6 Å². The second-order valence-corrected chi connectivity index (χ2v) is 8.27. The van der Waals surface area contributed by atoms with E-state index < -0.39 is 0 Å². The summed E-state index contributed by atoms with van der Waals surface area (Å²) in [6.45, 7) is 1.68. The number of thiophene rings is 1. The summed E-state index contributed by atoms with van der Waals surface area (Å²) in [4.78, 5) is 31.9. The van der Waals surface area contributed by atoms with E-state index in [0.717, 1.165) is 25.0 Å². The van der Waals surface area contributed by atoms with Crippen molar-refractivity contribution in [2.24, 2.45) is 0 Å². The Kier molecular flexibility index (Phi) is 6.91. The van der Waals surface area contributed by atoms with Crippen LogP contribution < -0.4 is 10.6 Å². The number of hydrogen-bond donors (Lipinski definition) is 2. The van der Waals surface area contributed by atoms with Crippen molar-refractivity contribution in [3.05, 3.63) is 76.7 Å². The summed E-state index contributed by atoms with van der Waals surface area (Å²) in [5, 5.41) is 7.67. The summed E-state index contributed by atoms with van der Waals surface area (Å²) >= 11 is 1.38. The Labute approximate surface area is 185 Å². The molecule has 7 nitrogen and oxygen atoms in total. The van der Waals surface area contributed by atoms with Gasteiger partial charge in [-0.1, -0.05) is 18.2 Å². The van der Waals surface area contributed by atoms with E-state index in [1.807, 2.05) is 23.6 Å². The maximum atomic E-state index is 13.1. The van der Waals surface area contributed by atoms with E-state index in [9.17, 15) is 9.59 Å². The maximum absolute atomic E-state index is 13.1. The number of aromatic nitrogens is 1. The van der Waals surface area contributed by atoms with Crippen LogP contribution in [0.15, 0.2) is 66.3 Å². The van der Waals surface area contributed by atoms with Crippen LogP contribution in [0, 0.1) is 0 Å². The highest BCUT2D eigenvalue weighted by molar-refractivity contribution is 7.12. The number of hydrogen-bond acceptors (Lipinski definition) is 5. The molecular weight excluding hydrogens is 412 g/mol. The first-order valence-electron chi connectivity index (χ1n) is 10.2. The highest BCUT2D eigenvalue weighted by atomic mass is 32.1. The van der Waals surface area contributed by atoms with Crippen LogP contribution in [0.2, 0.25) is 0 Å². The van der Waals surface area contributed by atoms with Crippen LogP contribution >= 0.6 is 11.3 Å². The number of urea groups is 1. The first kappa shape index (κ1) is 21.0. The third-order valence-electron chi connectivity index (χ3n) is 4.95. The maximum Gasteiger partial charge on any atom is 0.322 e. The molecule has 1 aliphatic rings. The summed E-state index contributed by atoms with van der Waals surface area (Å²) in [5.41, 5.74) is 2.18. The second kappa shape index (κ2) is 10.2. The van der Waals surface area contributed by atoms with Crippen molar-refractivity contribution in [3.63, 3.8) is 0 Å². The minimum Gasteiger partial charge on any atom is -0.376 e. The molecule has 0 saturated carbocycles. The standard InChI is InChI=1S/C23H24N4O3S/c28-22(21-9-4-12-31-21)25-18-6-1-7-19(13-18)26-23(29)27(16-20-8-3-11-30-20)15-17-5-2-10-24-14-17/h1-2,4-7,9-10,12-14,20H,3,8,11,15-16H2,(H,25,28)(H,26,29)/t20-/m0/s1. The molecule has 0 unspecified atom stereocenters. The van der Waals surface area contributed by atoms with E-state index in [4.69, 9.17) is 4.74 Å². The number of rotatable bonds is 7. The first-order chi connectivity index (χ1) is 15.2. The van der Waals surface area contributed by atoms with E-state index >= 15 is 0 Å². The average Bonchev–Trinajstić information content (AvgIpc) is 3.49. The fourth-order valence-electron chi connectivity index (χ4n) is 3.44. The Bertz CT molecular complexity index is 1000. The number of amides is 3. The zero-order chi connectivity index (χ0) is 21.5. The van der Waals surface area contributed by atoms with Crippen LogP contribution in [0.3, 0.4) is 0 Å². The molecule has 3 amide bonds. The van der Waals surface area contributed by atoms with Gasteiger partial charge in [-0.2, -0.15) is 0 Å². The third-order valence-corrected chi connectivity index (χ3v) is 5.82. The molecule has 2 aromatic heterocycles. The number of anilines is 2. The summed E-state index contributed by atoms with van der Waals surface area (Å²) in [6, 6.07) is 14.3. The van der Waals surface area contributed by atoms with Gasteiger partial charge < -0.3 is 20.3 Å². The molecule has 31 heavy (non-hydrogen) atoms. The van der Waals surface area contributed by atoms with Crippen molar-refractivity contribution in [2.75, 3.05) is 23.8 Å². The monoisotopic (exact) mass is 436 g/mol. The lowest BCUT2D eigenvalue weighted by molar-refractivity contribution is 0.0819. The highest BCUT2D eigenvalue weighted by Gasteiger charge is 2.23. The second-order valence-electron chi connectivity index (χ2n) is 7.32. The van der Waals surface area contributed by atoms with Gasteiger partial charge in [0, 0.05) is 43.5 Å². The fourth-order valence-corrected chi connectivity index (χ4v) is 4.06. The van der Waals surface area contributed by atoms with E-state index in [-0.39, 0.29) is 18.0 Å². The number of carbonyl (C=O) groups is 2. The molecule has 1 aromatic carbocycles. The van der Waals surface area contributed by atoms with Crippen molar-refractivity contribution in [1.82, 2.24) is 9.88 Å². The van der Waals surface area contributed by atoms with Crippen molar-refractivity contribution < 1.29 is 14.3 Å². The van der Waals surface area contributed by atoms with Gasteiger partial charge in [-0.25, -0.2) is 4.79 Å². The van der Waals surface area contributed by atoms with E-state index in [1.54, 1.807) is 47.6 Å². The molecule has 2 N–H and O–H groups in total. The lowest BCUT2D eigenvalue weighted by atomic mass is 10.2. The summed E-state index contributed by atoms with van der Waals surface area (Å²) < 4.78 is 5.74. The number of nitrogens with zero attached hydrogens (tertiary/aromatic N) is 2. The number of ether oxygens (including phenoxy) is 1. The summed E-state index contributed by atoms with van der Waals surface area (Å²) in [7, 11) is 0. The zero-order valence-corrected chi connectivity index (χ0v) is 17.8. The van der Waals surface area contributed by atoms with Gasteiger partial charge in [0.2, 0.25) is 0 Å². The molecule has 8 heteroatoms. The smallest absolute Gasteiger partial charge is 0.322 e. The van der Waals surface area contributed by atoms with E-state index in [1.165, 1.54) is 11.3 Å². The minimum absolute atomic E-state index is 0.0406. The van der Waals surface area contributed by atoms with Gasteiger partial charge in [-0.15, -0.1) is 11.3 Å². The van der Waals surface area contributed by atoms with Gasteiger partial charge >= 0.3 is 6.03 Å². The summed E-state index contributed by atoms with van der Waals surface area (Å²) in [6.07, 6.45) is 5.47. The molecule has 3 aromatic rings. The van der Waals surface area contributed by atoms with Crippen LogP contribution in [0.25, 0.3) is 0 Å². The number of carbonyl (C=O) groups excluding carboxylic acids is 2. The lowest BCUT2D eigenvalue weighted by Crippen LogP contribution is -2.39. The van der Waals surface area contributed by atoms with Crippen molar-refractivity contribution in [2.45, 2.75) is 25.5 Å². The van der Waals surface area contributed by atoms with Gasteiger partial charge in [0.25, 0.3) is 5.91 Å². The molecule has 160 valence electrons. The quantitative estimate of drug-likeness (QED) is 0.567. The fraction of sp³-hybridized carbons (Fsp3) is 0.261. The molecule has 1 fully saturated rings. The Morgan fingerprint density at radius 3 is 2.71 bits per heavy atom. The van der Waals surface area contributed by atoms with E-state index in [0.29, 0.717) is 29.3 Å². The van der Waals surface area contributed by atoms with Crippen molar-refractivity contribution in [3.8, 4) is 0 Å². The Morgan fingerprint density at radius 2 is 2.00 bits per heavy atom. The van der Waals surface area contributed by atoms with Crippen molar-refractivity contribution in [1.29, 1.82) is 0 Å². The Morgan fingerprint density at radius 1 is 1.13 bits per heavy atom. The minimum atomic E-state index is -0.221. The number of nitrogens with one attached hydrogen (secondary N) is 2. The molecule has 0 aliphatic carbocycles. The number of pyridine rings is 1. The van der Waals surface area contributed by atoms with Gasteiger partial charge in [0.15, 0.2) is 0 Å². The molecule has 0 spiro atoms. The molecule has 0 bridgehead atoms. The molecule has 1 saturated heterocycles. The number of benzene rings is 1. The van der Waals surface area contributed by atoms with Crippen LogP contribution in [0.4, 0.5) is 16.2 Å². The molecule has 3 heterocycles. The molecule has 4 rings (SSSR count). The van der Waals surface area contributed by atoms with Gasteiger partial charge in [-0.05, 0) is 54.1 Å². The molecule has 1 atom stereocenters. The third kappa shape index (κ3) is 5.90. The normalized spacial score (nSPS) is 15.4. The van der Waals surface area contributed by atoms with Crippen LogP contribution in [0.1, 0.15) is 28.1 Å². The van der Waals surface area contributed by atoms with Crippen LogP contribution in [-0.4, -0.2) is 41.1 Å². The average molecular weight is 437 g/mol. The Balaban J connectivity index is 1.43. The Hall–Kier alpha value is -3.23. The summed E-state index contributed by atoms with van der Waals surface area (Å²) in [5.74, 6) is -0.171. The highest BCUT2D eigenvalue weighted by Crippen LogP contribution is 2.20. The van der Waals surface area contributed by atoms with Crippen molar-refractivity contribution >= 4 is 34.6 Å². The predicted molar refractivity (Wildman–Crippen MR) is 121 cm³/mol.